The zero-order valence-electron chi connectivity index (χ0n) is 16.1. The van der Waals surface area contributed by atoms with E-state index in [2.05, 4.69) is 0 Å². The van der Waals surface area contributed by atoms with Gasteiger partial charge in [-0.25, -0.2) is 0 Å². The minimum absolute atomic E-state index is 0.0871. The number of fused-ring (bicyclic) bond motifs is 1. The Hall–Kier alpha value is -2.86. The molecule has 2 heterocycles. The Labute approximate surface area is 164 Å². The molecular formula is C22H24N2O4. The Bertz CT molecular complexity index is 898. The summed E-state index contributed by atoms with van der Waals surface area (Å²) < 4.78 is 11.6. The van der Waals surface area contributed by atoms with E-state index in [4.69, 9.17) is 9.47 Å². The molecule has 28 heavy (non-hydrogen) atoms. The third kappa shape index (κ3) is 3.36. The zero-order chi connectivity index (χ0) is 19.7. The second-order valence-corrected chi connectivity index (χ2v) is 7.25. The summed E-state index contributed by atoms with van der Waals surface area (Å²) in [6.07, 6.45) is -0.742. The summed E-state index contributed by atoms with van der Waals surface area (Å²) in [5.74, 6) is 0.569. The maximum atomic E-state index is 13.5. The number of hydrogen-bond acceptors (Lipinski definition) is 4. The number of morpholine rings is 1. The lowest BCUT2D eigenvalue weighted by Crippen LogP contribution is -2.54. The summed E-state index contributed by atoms with van der Waals surface area (Å²) in [5.41, 5.74) is 2.93. The fourth-order valence-electron chi connectivity index (χ4n) is 3.90. The molecule has 0 N–H and O–H groups in total. The quantitative estimate of drug-likeness (QED) is 0.802. The van der Waals surface area contributed by atoms with Gasteiger partial charge < -0.3 is 19.3 Å². The van der Waals surface area contributed by atoms with Gasteiger partial charge in [-0.05, 0) is 24.1 Å². The number of ether oxygens (including phenoxy) is 2. The van der Waals surface area contributed by atoms with E-state index < -0.39 is 12.1 Å². The van der Waals surface area contributed by atoms with Crippen LogP contribution in [0.15, 0.2) is 48.5 Å². The lowest BCUT2D eigenvalue weighted by atomic mass is 9.93. The molecule has 1 fully saturated rings. The molecule has 2 aromatic rings. The van der Waals surface area contributed by atoms with Crippen LogP contribution in [0.25, 0.3) is 0 Å². The number of likely N-dealkylation sites (N-methyl/N-ethyl adjacent to an activating group) is 1. The van der Waals surface area contributed by atoms with Crippen LogP contribution < -0.4 is 4.74 Å². The van der Waals surface area contributed by atoms with E-state index in [0.29, 0.717) is 19.7 Å². The number of carbonyl (C=O) groups is 2. The van der Waals surface area contributed by atoms with Crippen molar-refractivity contribution in [3.63, 3.8) is 0 Å². The van der Waals surface area contributed by atoms with Crippen molar-refractivity contribution in [3.05, 3.63) is 65.2 Å². The molecule has 0 aromatic heterocycles. The summed E-state index contributed by atoms with van der Waals surface area (Å²) in [6.45, 7) is 3.27. The van der Waals surface area contributed by atoms with Crippen LogP contribution in [0.2, 0.25) is 0 Å². The molecule has 0 unspecified atom stereocenters. The summed E-state index contributed by atoms with van der Waals surface area (Å²) >= 11 is 0. The summed E-state index contributed by atoms with van der Waals surface area (Å²) in [4.78, 5) is 29.2. The van der Waals surface area contributed by atoms with Gasteiger partial charge in [-0.15, -0.1) is 0 Å². The zero-order valence-corrected chi connectivity index (χ0v) is 16.1. The van der Waals surface area contributed by atoms with Crippen molar-refractivity contribution < 1.29 is 19.1 Å². The van der Waals surface area contributed by atoms with Crippen LogP contribution in [-0.4, -0.2) is 54.5 Å². The maximum Gasteiger partial charge on any atom is 0.254 e. The Kier molecular flexibility index (Phi) is 5.05. The molecule has 0 radical (unpaired) electrons. The van der Waals surface area contributed by atoms with Gasteiger partial charge >= 0.3 is 0 Å². The summed E-state index contributed by atoms with van der Waals surface area (Å²) in [6, 6.07) is 15.1. The molecule has 0 bridgehead atoms. The van der Waals surface area contributed by atoms with E-state index in [1.807, 2.05) is 55.5 Å². The topological polar surface area (TPSA) is 59.1 Å². The SMILES string of the molecule is Cc1ccccc1[C@@H]1[C@@H](C(=O)N2CCOc3ccccc3C2)OCC(=O)N1C. The van der Waals surface area contributed by atoms with E-state index in [0.717, 1.165) is 22.4 Å². The van der Waals surface area contributed by atoms with E-state index in [-0.39, 0.29) is 18.4 Å². The van der Waals surface area contributed by atoms with Crippen LogP contribution in [0.3, 0.4) is 0 Å². The van der Waals surface area contributed by atoms with Crippen molar-refractivity contribution >= 4 is 11.8 Å². The number of hydrogen-bond donors (Lipinski definition) is 0. The second-order valence-electron chi connectivity index (χ2n) is 7.25. The standard InChI is InChI=1S/C22H24N2O4/c1-15-7-3-5-9-17(15)20-21(28-14-19(25)23(20)2)22(26)24-11-12-27-18-10-6-4-8-16(18)13-24/h3-10,20-21H,11-14H2,1-2H3/t20-,21+/m1/s1. The van der Waals surface area contributed by atoms with Gasteiger partial charge in [-0.1, -0.05) is 42.5 Å². The van der Waals surface area contributed by atoms with Gasteiger partial charge in [0, 0.05) is 19.2 Å². The Morgan fingerprint density at radius 1 is 1.11 bits per heavy atom. The van der Waals surface area contributed by atoms with Crippen LogP contribution in [0.4, 0.5) is 0 Å². The van der Waals surface area contributed by atoms with Crippen LogP contribution in [0, 0.1) is 6.92 Å². The van der Waals surface area contributed by atoms with Crippen molar-refractivity contribution in [1.29, 1.82) is 0 Å². The van der Waals surface area contributed by atoms with Gasteiger partial charge in [-0.2, -0.15) is 0 Å². The Morgan fingerprint density at radius 2 is 1.86 bits per heavy atom. The van der Waals surface area contributed by atoms with Crippen LogP contribution in [-0.2, 0) is 20.9 Å². The predicted octanol–water partition coefficient (Wildman–Crippen LogP) is 2.31. The molecule has 2 atom stereocenters. The highest BCUT2D eigenvalue weighted by molar-refractivity contribution is 5.86. The highest BCUT2D eigenvalue weighted by Gasteiger charge is 2.42. The monoisotopic (exact) mass is 380 g/mol. The number of rotatable bonds is 2. The molecule has 146 valence electrons. The molecular weight excluding hydrogens is 356 g/mol. The first-order valence-electron chi connectivity index (χ1n) is 9.48. The summed E-state index contributed by atoms with van der Waals surface area (Å²) in [7, 11) is 1.74. The third-order valence-corrected chi connectivity index (χ3v) is 5.50. The molecule has 2 amide bonds. The average molecular weight is 380 g/mol. The highest BCUT2D eigenvalue weighted by atomic mass is 16.5. The largest absolute Gasteiger partial charge is 0.491 e. The fraction of sp³-hybridized carbons (Fsp3) is 0.364. The van der Waals surface area contributed by atoms with Crippen LogP contribution in [0.1, 0.15) is 22.7 Å². The first-order chi connectivity index (χ1) is 13.6. The summed E-state index contributed by atoms with van der Waals surface area (Å²) in [5, 5.41) is 0. The van der Waals surface area contributed by atoms with Gasteiger partial charge in [0.1, 0.15) is 19.0 Å². The van der Waals surface area contributed by atoms with Crippen molar-refractivity contribution in [3.8, 4) is 5.75 Å². The van der Waals surface area contributed by atoms with E-state index in [1.165, 1.54) is 0 Å². The van der Waals surface area contributed by atoms with Crippen LogP contribution >= 0.6 is 0 Å². The molecule has 4 rings (SSSR count). The second kappa shape index (κ2) is 7.64. The number of nitrogens with zero attached hydrogens (tertiary/aromatic N) is 2. The molecule has 0 aliphatic carbocycles. The molecule has 2 aromatic carbocycles. The molecule has 2 aliphatic heterocycles. The minimum atomic E-state index is -0.742. The number of para-hydroxylation sites is 1. The molecule has 0 saturated carbocycles. The lowest BCUT2D eigenvalue weighted by molar-refractivity contribution is -0.167. The molecule has 1 saturated heterocycles. The Balaban J connectivity index is 1.65. The van der Waals surface area contributed by atoms with Gasteiger partial charge in [0.2, 0.25) is 5.91 Å². The molecule has 0 spiro atoms. The van der Waals surface area contributed by atoms with Gasteiger partial charge in [0.25, 0.3) is 5.91 Å². The molecule has 2 aliphatic rings. The number of benzene rings is 2. The number of carbonyl (C=O) groups excluding carboxylic acids is 2. The van der Waals surface area contributed by atoms with E-state index >= 15 is 0 Å². The Morgan fingerprint density at radius 3 is 2.68 bits per heavy atom. The molecule has 6 heteroatoms. The van der Waals surface area contributed by atoms with Crippen LogP contribution in [0.5, 0.6) is 5.75 Å². The predicted molar refractivity (Wildman–Crippen MR) is 104 cm³/mol. The van der Waals surface area contributed by atoms with Gasteiger partial charge in [-0.3, -0.25) is 9.59 Å². The van der Waals surface area contributed by atoms with Crippen molar-refractivity contribution in [1.82, 2.24) is 9.80 Å². The first kappa shape index (κ1) is 18.5. The lowest BCUT2D eigenvalue weighted by Gasteiger charge is -2.40. The van der Waals surface area contributed by atoms with E-state index in [1.54, 1.807) is 16.8 Å². The average Bonchev–Trinajstić information content (AvgIpc) is 2.92. The third-order valence-electron chi connectivity index (χ3n) is 5.50. The normalized spacial score (nSPS) is 22.3. The van der Waals surface area contributed by atoms with Gasteiger partial charge in [0.05, 0.1) is 12.6 Å². The smallest absolute Gasteiger partial charge is 0.254 e. The number of aryl methyl sites for hydroxylation is 1. The van der Waals surface area contributed by atoms with Gasteiger partial charge in [0.15, 0.2) is 6.10 Å². The maximum absolute atomic E-state index is 13.5. The minimum Gasteiger partial charge on any atom is -0.491 e. The number of amides is 2. The molecule has 6 nitrogen and oxygen atoms in total. The highest BCUT2D eigenvalue weighted by Crippen LogP contribution is 2.33. The van der Waals surface area contributed by atoms with Crippen molar-refractivity contribution in [2.24, 2.45) is 0 Å². The van der Waals surface area contributed by atoms with Crippen molar-refractivity contribution in [2.45, 2.75) is 25.6 Å². The van der Waals surface area contributed by atoms with E-state index in [9.17, 15) is 9.59 Å². The van der Waals surface area contributed by atoms with Crippen molar-refractivity contribution in [2.75, 3.05) is 26.8 Å². The fourth-order valence-corrected chi connectivity index (χ4v) is 3.90. The first-order valence-corrected chi connectivity index (χ1v) is 9.48.